The first kappa shape index (κ1) is 23.5. The van der Waals surface area contributed by atoms with E-state index >= 15 is 0 Å². The highest BCUT2D eigenvalue weighted by molar-refractivity contribution is 7.92. The van der Waals surface area contributed by atoms with Crippen molar-refractivity contribution < 1.29 is 13.2 Å². The molecule has 3 rings (SSSR count). The van der Waals surface area contributed by atoms with Gasteiger partial charge in [-0.3, -0.25) is 9.10 Å². The van der Waals surface area contributed by atoms with Crippen molar-refractivity contribution in [2.45, 2.75) is 44.0 Å². The van der Waals surface area contributed by atoms with Gasteiger partial charge in [0.1, 0.15) is 6.54 Å². The van der Waals surface area contributed by atoms with Crippen LogP contribution < -0.4 is 9.62 Å². The molecule has 0 aromatic heterocycles. The van der Waals surface area contributed by atoms with E-state index in [0.29, 0.717) is 18.0 Å². The molecule has 0 saturated carbocycles. The molecule has 0 fully saturated rings. The summed E-state index contributed by atoms with van der Waals surface area (Å²) >= 11 is 0. The van der Waals surface area contributed by atoms with Crippen molar-refractivity contribution in [3.05, 3.63) is 96.1 Å². The lowest BCUT2D eigenvalue weighted by molar-refractivity contribution is -0.120. The van der Waals surface area contributed by atoms with Crippen LogP contribution >= 0.6 is 0 Å². The summed E-state index contributed by atoms with van der Waals surface area (Å²) in [5.41, 5.74) is 2.55. The molecule has 0 heterocycles. The van der Waals surface area contributed by atoms with E-state index in [-0.39, 0.29) is 23.4 Å². The van der Waals surface area contributed by atoms with E-state index in [0.717, 1.165) is 11.1 Å². The van der Waals surface area contributed by atoms with Crippen LogP contribution in [0.3, 0.4) is 0 Å². The molecule has 0 radical (unpaired) electrons. The highest BCUT2D eigenvalue weighted by Gasteiger charge is 2.28. The second kappa shape index (κ2) is 10.5. The molecular weight excluding hydrogens is 420 g/mol. The van der Waals surface area contributed by atoms with E-state index < -0.39 is 10.0 Å². The molecule has 0 unspecified atom stereocenters. The van der Waals surface area contributed by atoms with Crippen LogP contribution in [0.15, 0.2) is 89.8 Å². The zero-order chi connectivity index (χ0) is 23.1. The van der Waals surface area contributed by atoms with Gasteiger partial charge >= 0.3 is 0 Å². The minimum absolute atomic E-state index is 0.149. The number of sulfonamides is 1. The number of benzene rings is 3. The topological polar surface area (TPSA) is 66.5 Å². The Kier molecular flexibility index (Phi) is 7.70. The van der Waals surface area contributed by atoms with Crippen LogP contribution in [0.25, 0.3) is 0 Å². The number of nitrogens with zero attached hydrogens (tertiary/aromatic N) is 1. The van der Waals surface area contributed by atoms with Crippen molar-refractivity contribution in [3.63, 3.8) is 0 Å². The lowest BCUT2D eigenvalue weighted by atomic mass is 10.0. The van der Waals surface area contributed by atoms with E-state index in [1.165, 1.54) is 4.31 Å². The molecule has 3 aromatic rings. The van der Waals surface area contributed by atoms with Crippen LogP contribution in [-0.2, 0) is 14.8 Å². The maximum absolute atomic E-state index is 13.5. The first-order chi connectivity index (χ1) is 15.3. The van der Waals surface area contributed by atoms with Crippen LogP contribution in [0.5, 0.6) is 0 Å². The molecule has 0 saturated heterocycles. The zero-order valence-electron chi connectivity index (χ0n) is 18.7. The zero-order valence-corrected chi connectivity index (χ0v) is 19.5. The smallest absolute Gasteiger partial charge is 0.264 e. The van der Waals surface area contributed by atoms with E-state index in [2.05, 4.69) is 19.2 Å². The third-order valence-electron chi connectivity index (χ3n) is 5.41. The molecule has 3 aromatic carbocycles. The average molecular weight is 451 g/mol. The molecule has 0 spiro atoms. The maximum Gasteiger partial charge on any atom is 0.264 e. The lowest BCUT2D eigenvalue weighted by Crippen LogP contribution is -2.42. The summed E-state index contributed by atoms with van der Waals surface area (Å²) in [4.78, 5) is 13.2. The standard InChI is InChI=1S/C26H30N2O3S/c1-4-25(22-11-7-5-8-12-22)27-26(29)19-28(23-17-15-21(16-18-23)20(2)3)32(30,31)24-13-9-6-10-14-24/h5-18,20,25H,4,19H2,1-3H3,(H,27,29)/t25-/m1/s1. The molecule has 0 aliphatic heterocycles. The highest BCUT2D eigenvalue weighted by atomic mass is 32.2. The van der Waals surface area contributed by atoms with Crippen molar-refractivity contribution in [3.8, 4) is 0 Å². The first-order valence-electron chi connectivity index (χ1n) is 10.8. The number of anilines is 1. The number of nitrogens with one attached hydrogen (secondary N) is 1. The van der Waals surface area contributed by atoms with Crippen LogP contribution in [-0.4, -0.2) is 20.9 Å². The molecule has 0 aliphatic rings. The summed E-state index contributed by atoms with van der Waals surface area (Å²) in [5, 5.41) is 2.99. The Morgan fingerprint density at radius 2 is 1.41 bits per heavy atom. The minimum atomic E-state index is -3.92. The van der Waals surface area contributed by atoms with Gasteiger partial charge < -0.3 is 5.32 Å². The van der Waals surface area contributed by atoms with E-state index in [4.69, 9.17) is 0 Å². The SMILES string of the molecule is CC[C@@H](NC(=O)CN(c1ccc(C(C)C)cc1)S(=O)(=O)c1ccccc1)c1ccccc1. The summed E-state index contributed by atoms with van der Waals surface area (Å²) in [6.07, 6.45) is 0.699. The summed E-state index contributed by atoms with van der Waals surface area (Å²) in [7, 11) is -3.92. The Morgan fingerprint density at radius 1 is 0.844 bits per heavy atom. The predicted molar refractivity (Wildman–Crippen MR) is 129 cm³/mol. The number of carbonyl (C=O) groups is 1. The average Bonchev–Trinajstić information content (AvgIpc) is 2.82. The van der Waals surface area contributed by atoms with Crippen molar-refractivity contribution in [2.75, 3.05) is 10.8 Å². The molecule has 0 aliphatic carbocycles. The van der Waals surface area contributed by atoms with Crippen LogP contribution in [0.2, 0.25) is 0 Å². The summed E-state index contributed by atoms with van der Waals surface area (Å²) in [6, 6.07) is 25.0. The van der Waals surface area contributed by atoms with Gasteiger partial charge in [-0.15, -0.1) is 0 Å². The summed E-state index contributed by atoms with van der Waals surface area (Å²) in [5.74, 6) is -0.0316. The van der Waals surface area contributed by atoms with Crippen LogP contribution in [0.1, 0.15) is 50.3 Å². The van der Waals surface area contributed by atoms with Crippen molar-refractivity contribution >= 4 is 21.6 Å². The van der Waals surface area contributed by atoms with Gasteiger partial charge in [0.05, 0.1) is 16.6 Å². The largest absolute Gasteiger partial charge is 0.348 e. The van der Waals surface area contributed by atoms with E-state index in [9.17, 15) is 13.2 Å². The summed E-state index contributed by atoms with van der Waals surface area (Å²) in [6.45, 7) is 5.84. The fourth-order valence-electron chi connectivity index (χ4n) is 3.54. The number of hydrogen-bond acceptors (Lipinski definition) is 3. The van der Waals surface area contributed by atoms with Crippen molar-refractivity contribution in [1.82, 2.24) is 5.32 Å². The number of amides is 1. The van der Waals surface area contributed by atoms with Gasteiger partial charge in [0.2, 0.25) is 5.91 Å². The molecule has 5 nitrogen and oxygen atoms in total. The Hall–Kier alpha value is -3.12. The Labute approximate surface area is 191 Å². The lowest BCUT2D eigenvalue weighted by Gasteiger charge is -2.26. The molecule has 1 atom stereocenters. The molecule has 6 heteroatoms. The maximum atomic E-state index is 13.5. The molecule has 1 N–H and O–H groups in total. The quantitative estimate of drug-likeness (QED) is 0.483. The second-order valence-corrected chi connectivity index (χ2v) is 9.87. The fourth-order valence-corrected chi connectivity index (χ4v) is 4.98. The molecule has 32 heavy (non-hydrogen) atoms. The van der Waals surface area contributed by atoms with Gasteiger partial charge in [-0.25, -0.2) is 8.42 Å². The van der Waals surface area contributed by atoms with Crippen molar-refractivity contribution in [2.24, 2.45) is 0 Å². The van der Waals surface area contributed by atoms with Crippen LogP contribution in [0.4, 0.5) is 5.69 Å². The van der Waals surface area contributed by atoms with E-state index in [1.807, 2.05) is 49.4 Å². The number of carbonyl (C=O) groups excluding carboxylic acids is 1. The third-order valence-corrected chi connectivity index (χ3v) is 7.20. The Morgan fingerprint density at radius 3 is 1.94 bits per heavy atom. The first-order valence-corrected chi connectivity index (χ1v) is 12.3. The Balaban J connectivity index is 1.91. The molecule has 0 bridgehead atoms. The Bertz CT molecular complexity index is 1110. The molecular formula is C26H30N2O3S. The fraction of sp³-hybridized carbons (Fsp3) is 0.269. The van der Waals surface area contributed by atoms with Gasteiger partial charge in [0, 0.05) is 0 Å². The van der Waals surface area contributed by atoms with Gasteiger partial charge in [0.15, 0.2) is 0 Å². The monoisotopic (exact) mass is 450 g/mol. The predicted octanol–water partition coefficient (Wildman–Crippen LogP) is 5.27. The molecule has 168 valence electrons. The molecule has 1 amide bonds. The van der Waals surface area contributed by atoms with Gasteiger partial charge in [0.25, 0.3) is 10.0 Å². The highest BCUT2D eigenvalue weighted by Crippen LogP contribution is 2.26. The second-order valence-electron chi connectivity index (χ2n) is 8.01. The van der Waals surface area contributed by atoms with Crippen LogP contribution in [0, 0.1) is 0 Å². The van der Waals surface area contributed by atoms with E-state index in [1.54, 1.807) is 42.5 Å². The van der Waals surface area contributed by atoms with Gasteiger partial charge in [-0.2, -0.15) is 0 Å². The number of hydrogen-bond donors (Lipinski definition) is 1. The minimum Gasteiger partial charge on any atom is -0.348 e. The normalized spacial score (nSPS) is 12.4. The third kappa shape index (κ3) is 5.56. The van der Waals surface area contributed by atoms with Crippen molar-refractivity contribution in [1.29, 1.82) is 0 Å². The van der Waals surface area contributed by atoms with Gasteiger partial charge in [-0.05, 0) is 47.7 Å². The van der Waals surface area contributed by atoms with Gasteiger partial charge in [-0.1, -0.05) is 81.4 Å². The summed E-state index contributed by atoms with van der Waals surface area (Å²) < 4.78 is 28.1. The number of rotatable bonds is 9.